The van der Waals surface area contributed by atoms with Gasteiger partial charge in [-0.05, 0) is 42.9 Å². The van der Waals surface area contributed by atoms with Crippen LogP contribution >= 0.6 is 23.1 Å². The molecule has 1 atom stereocenters. The van der Waals surface area contributed by atoms with Gasteiger partial charge in [-0.15, -0.1) is 21.5 Å². The Morgan fingerprint density at radius 2 is 2.18 bits per heavy atom. The van der Waals surface area contributed by atoms with Gasteiger partial charge in [0.15, 0.2) is 16.6 Å². The van der Waals surface area contributed by atoms with Gasteiger partial charge in [-0.3, -0.25) is 24.8 Å². The zero-order valence-corrected chi connectivity index (χ0v) is 20.2. The van der Waals surface area contributed by atoms with Crippen molar-refractivity contribution < 1.29 is 14.0 Å². The van der Waals surface area contributed by atoms with E-state index in [1.54, 1.807) is 17.4 Å². The summed E-state index contributed by atoms with van der Waals surface area (Å²) in [6.07, 6.45) is 4.67. The van der Waals surface area contributed by atoms with Crippen LogP contribution in [0.25, 0.3) is 15.9 Å². The number of hydrogen-bond donors (Lipinski definition) is 2. The van der Waals surface area contributed by atoms with E-state index in [2.05, 4.69) is 41.8 Å². The van der Waals surface area contributed by atoms with Crippen molar-refractivity contribution in [3.8, 4) is 0 Å². The summed E-state index contributed by atoms with van der Waals surface area (Å²) >= 11 is 3.03. The predicted molar refractivity (Wildman–Crippen MR) is 126 cm³/mol. The van der Waals surface area contributed by atoms with Crippen molar-refractivity contribution in [3.63, 3.8) is 0 Å². The number of aryl methyl sites for hydroxylation is 1. The second-order valence-corrected chi connectivity index (χ2v) is 10.6. The highest BCUT2D eigenvalue weighted by Crippen LogP contribution is 2.40. The molecular formula is C22H24N6O3S2. The number of thiophene rings is 1. The van der Waals surface area contributed by atoms with Crippen LogP contribution < -0.4 is 10.9 Å². The van der Waals surface area contributed by atoms with Crippen molar-refractivity contribution in [2.24, 2.45) is 5.92 Å². The minimum Gasteiger partial charge on any atom is -0.459 e. The molecule has 2 amide bonds. The Morgan fingerprint density at radius 1 is 1.33 bits per heavy atom. The quantitative estimate of drug-likeness (QED) is 0.328. The highest BCUT2D eigenvalue weighted by molar-refractivity contribution is 7.99. The number of hydrogen-bond acceptors (Lipinski definition) is 8. The molecule has 0 fully saturated rings. The number of amides is 2. The zero-order valence-electron chi connectivity index (χ0n) is 18.5. The molecule has 5 rings (SSSR count). The number of carbonyl (C=O) groups is 2. The van der Waals surface area contributed by atoms with Crippen LogP contribution in [-0.4, -0.2) is 37.1 Å². The molecule has 2 N–H and O–H groups in total. The average molecular weight is 485 g/mol. The zero-order chi connectivity index (χ0) is 23.1. The lowest BCUT2D eigenvalue weighted by atomic mass is 9.89. The summed E-state index contributed by atoms with van der Waals surface area (Å²) in [5.41, 5.74) is 6.90. The molecule has 0 aromatic carbocycles. The molecule has 4 heterocycles. The molecule has 1 aliphatic carbocycles. The largest absolute Gasteiger partial charge is 0.459 e. The number of fused-ring (bicyclic) bond motifs is 5. The van der Waals surface area contributed by atoms with Gasteiger partial charge in [0.1, 0.15) is 10.7 Å². The highest BCUT2D eigenvalue weighted by atomic mass is 32.2. The Morgan fingerprint density at radius 3 is 2.94 bits per heavy atom. The molecule has 4 aromatic heterocycles. The molecule has 1 aliphatic rings. The Hall–Kier alpha value is -2.92. The first-order chi connectivity index (χ1) is 15.9. The minimum absolute atomic E-state index is 0.0636. The van der Waals surface area contributed by atoms with E-state index in [1.807, 2.05) is 4.40 Å². The van der Waals surface area contributed by atoms with E-state index in [9.17, 15) is 9.59 Å². The smallest absolute Gasteiger partial charge is 0.305 e. The van der Waals surface area contributed by atoms with Gasteiger partial charge in [0, 0.05) is 10.8 Å². The number of nitrogens with zero attached hydrogens (tertiary/aromatic N) is 4. The van der Waals surface area contributed by atoms with Gasteiger partial charge in [-0.1, -0.05) is 32.5 Å². The average Bonchev–Trinajstić information content (AvgIpc) is 3.52. The molecule has 0 spiro atoms. The number of nitrogens with one attached hydrogen (secondary N) is 2. The number of aromatic nitrogens is 4. The predicted octanol–water partition coefficient (Wildman–Crippen LogP) is 3.73. The van der Waals surface area contributed by atoms with Crippen LogP contribution in [0.1, 0.15) is 59.9 Å². The van der Waals surface area contributed by atoms with Crippen molar-refractivity contribution in [1.82, 2.24) is 30.4 Å². The second-order valence-electron chi connectivity index (χ2n) is 8.57. The van der Waals surface area contributed by atoms with Crippen molar-refractivity contribution in [2.75, 3.05) is 5.75 Å². The first-order valence-corrected chi connectivity index (χ1v) is 12.7. The fraction of sp³-hybridized carbons (Fsp3) is 0.409. The van der Waals surface area contributed by atoms with E-state index in [0.29, 0.717) is 11.1 Å². The topological polar surface area (TPSA) is 114 Å². The number of carbonyl (C=O) groups excluding carboxylic acids is 2. The number of thioether (sulfide) groups is 1. The standard InChI is InChI=1S/C22H24N6O3S2/c1-11(2)18-23-21-17(13-7-6-12(3)9-15(13)33-21)19-25-27-22(28(18)19)32-10-16(29)24-26-20(30)14-5-4-8-31-14/h4-5,8,11-12H,6-7,9-10H2,1-3H3,(H,24,29)(H,26,30). The summed E-state index contributed by atoms with van der Waals surface area (Å²) in [5.74, 6) is 1.03. The van der Waals surface area contributed by atoms with Crippen molar-refractivity contribution in [2.45, 2.75) is 51.1 Å². The third-order valence-corrected chi connectivity index (χ3v) is 7.78. The Bertz CT molecular complexity index is 1340. The van der Waals surface area contributed by atoms with Crippen molar-refractivity contribution >= 4 is 50.8 Å². The van der Waals surface area contributed by atoms with E-state index >= 15 is 0 Å². The van der Waals surface area contributed by atoms with Gasteiger partial charge < -0.3 is 4.42 Å². The number of hydrazine groups is 1. The fourth-order valence-electron chi connectivity index (χ4n) is 4.08. The van der Waals surface area contributed by atoms with Crippen LogP contribution in [0.3, 0.4) is 0 Å². The highest BCUT2D eigenvalue weighted by Gasteiger charge is 2.26. The SMILES string of the molecule is CC1CCc2c(sc3nc(C(C)C)n4c(SCC(=O)NNC(=O)c5ccco5)nnc4c23)C1. The van der Waals surface area contributed by atoms with Crippen LogP contribution in [0.4, 0.5) is 0 Å². The second kappa shape index (κ2) is 8.79. The first kappa shape index (κ1) is 21.9. The van der Waals surface area contributed by atoms with Gasteiger partial charge in [0.05, 0.1) is 17.4 Å². The van der Waals surface area contributed by atoms with Gasteiger partial charge in [-0.2, -0.15) is 0 Å². The number of furan rings is 1. The molecule has 0 bridgehead atoms. The minimum atomic E-state index is -0.517. The van der Waals surface area contributed by atoms with Crippen LogP contribution in [0.2, 0.25) is 0 Å². The van der Waals surface area contributed by atoms with E-state index in [0.717, 1.165) is 41.0 Å². The lowest BCUT2D eigenvalue weighted by Gasteiger charge is -2.17. The molecule has 33 heavy (non-hydrogen) atoms. The molecule has 4 aromatic rings. The maximum atomic E-state index is 12.3. The summed E-state index contributed by atoms with van der Waals surface area (Å²) in [6, 6.07) is 3.12. The Balaban J connectivity index is 1.40. The third kappa shape index (κ3) is 4.10. The summed E-state index contributed by atoms with van der Waals surface area (Å²) in [4.78, 5) is 31.7. The van der Waals surface area contributed by atoms with Crippen molar-refractivity contribution in [3.05, 3.63) is 40.4 Å². The summed E-state index contributed by atoms with van der Waals surface area (Å²) < 4.78 is 6.99. The van der Waals surface area contributed by atoms with Gasteiger partial charge in [0.2, 0.25) is 5.91 Å². The molecule has 0 saturated carbocycles. The summed E-state index contributed by atoms with van der Waals surface area (Å²) in [7, 11) is 0. The summed E-state index contributed by atoms with van der Waals surface area (Å²) in [6.45, 7) is 6.48. The van der Waals surface area contributed by atoms with Crippen LogP contribution in [0.5, 0.6) is 0 Å². The molecule has 172 valence electrons. The lowest BCUT2D eigenvalue weighted by molar-refractivity contribution is -0.119. The van der Waals surface area contributed by atoms with E-state index in [4.69, 9.17) is 9.40 Å². The molecule has 1 unspecified atom stereocenters. The molecular weight excluding hydrogens is 460 g/mol. The summed E-state index contributed by atoms with van der Waals surface area (Å²) in [5, 5.41) is 10.6. The molecule has 9 nitrogen and oxygen atoms in total. The van der Waals surface area contributed by atoms with E-state index in [1.165, 1.54) is 34.5 Å². The van der Waals surface area contributed by atoms with Crippen LogP contribution in [-0.2, 0) is 17.6 Å². The van der Waals surface area contributed by atoms with Gasteiger partial charge >= 0.3 is 5.91 Å². The first-order valence-electron chi connectivity index (χ1n) is 10.9. The molecule has 0 saturated heterocycles. The lowest BCUT2D eigenvalue weighted by Crippen LogP contribution is -2.42. The van der Waals surface area contributed by atoms with Gasteiger partial charge in [-0.25, -0.2) is 4.98 Å². The van der Waals surface area contributed by atoms with Crippen LogP contribution in [0, 0.1) is 5.92 Å². The number of rotatable bonds is 5. The van der Waals surface area contributed by atoms with E-state index < -0.39 is 5.91 Å². The Kier molecular flexibility index (Phi) is 5.83. The maximum Gasteiger partial charge on any atom is 0.305 e. The van der Waals surface area contributed by atoms with Crippen LogP contribution in [0.15, 0.2) is 28.0 Å². The van der Waals surface area contributed by atoms with Crippen molar-refractivity contribution in [1.29, 1.82) is 0 Å². The monoisotopic (exact) mass is 484 g/mol. The van der Waals surface area contributed by atoms with E-state index in [-0.39, 0.29) is 23.3 Å². The normalized spacial score (nSPS) is 15.8. The molecule has 0 radical (unpaired) electrons. The fourth-order valence-corrected chi connectivity index (χ4v) is 6.21. The van der Waals surface area contributed by atoms with Gasteiger partial charge in [0.25, 0.3) is 0 Å². The molecule has 0 aliphatic heterocycles. The third-order valence-electron chi connectivity index (χ3n) is 5.70. The maximum absolute atomic E-state index is 12.3. The molecule has 11 heteroatoms. The Labute approximate surface area is 198 Å².